The molecule has 1 saturated carbocycles. The molecule has 0 spiro atoms. The van der Waals surface area contributed by atoms with Gasteiger partial charge in [-0.05, 0) is 0 Å². The lowest BCUT2D eigenvalue weighted by atomic mass is 10.0. The van der Waals surface area contributed by atoms with E-state index < -0.39 is 0 Å². The second-order valence-corrected chi connectivity index (χ2v) is 2.83. The van der Waals surface area contributed by atoms with E-state index in [9.17, 15) is 0 Å². The van der Waals surface area contributed by atoms with Gasteiger partial charge in [-0.25, -0.2) is 0 Å². The fourth-order valence-corrected chi connectivity index (χ4v) is 1.41. The van der Waals surface area contributed by atoms with E-state index in [0.717, 1.165) is 0 Å². The van der Waals surface area contributed by atoms with Crippen molar-refractivity contribution < 1.29 is 0 Å². The highest BCUT2D eigenvalue weighted by Gasteiger charge is 1.95. The van der Waals surface area contributed by atoms with Crippen LogP contribution in [0.3, 0.4) is 0 Å². The van der Waals surface area contributed by atoms with E-state index in [1.54, 1.807) is 0 Å². The summed E-state index contributed by atoms with van der Waals surface area (Å²) in [5.74, 6) is 0. The van der Waals surface area contributed by atoms with Gasteiger partial charge in [0, 0.05) is 0 Å². The van der Waals surface area contributed by atoms with Crippen LogP contribution in [-0.2, 0) is 0 Å². The van der Waals surface area contributed by atoms with Crippen LogP contribution in [0.1, 0.15) is 51.4 Å². The van der Waals surface area contributed by atoms with E-state index >= 15 is 0 Å². The van der Waals surface area contributed by atoms with Gasteiger partial charge < -0.3 is 0 Å². The van der Waals surface area contributed by atoms with Crippen LogP contribution < -0.4 is 0 Å². The quantitative estimate of drug-likeness (QED) is 0.460. The first-order valence-corrected chi connectivity index (χ1v) is 4.00. The lowest BCUT2D eigenvalue weighted by Crippen LogP contribution is -1.85. The summed E-state index contributed by atoms with van der Waals surface area (Å²) in [6, 6.07) is 0. The molecule has 0 aliphatic heterocycles. The molecule has 0 aromatic rings. The van der Waals surface area contributed by atoms with Crippen molar-refractivity contribution in [1.29, 1.82) is 0 Å². The van der Waals surface area contributed by atoms with Gasteiger partial charge in [-0.15, -0.1) is 0 Å². The summed E-state index contributed by atoms with van der Waals surface area (Å²) < 4.78 is 0. The summed E-state index contributed by atoms with van der Waals surface area (Å²) in [4.78, 5) is 0. The van der Waals surface area contributed by atoms with Crippen molar-refractivity contribution in [2.45, 2.75) is 51.4 Å². The molecular formula is C8H19P. The van der Waals surface area contributed by atoms with Crippen LogP contribution in [0.2, 0.25) is 0 Å². The van der Waals surface area contributed by atoms with Gasteiger partial charge in [0.05, 0.1) is 0 Å². The number of rotatable bonds is 0. The zero-order chi connectivity index (χ0) is 5.66. The Kier molecular flexibility index (Phi) is 6.86. The normalized spacial score (nSPS) is 21.3. The average Bonchev–Trinajstić information content (AvgIpc) is 1.62. The van der Waals surface area contributed by atoms with Crippen molar-refractivity contribution >= 4 is 9.90 Å². The summed E-state index contributed by atoms with van der Waals surface area (Å²) in [5.41, 5.74) is 0. The monoisotopic (exact) mass is 146 g/mol. The van der Waals surface area contributed by atoms with Crippen LogP contribution in [0.4, 0.5) is 0 Å². The molecule has 1 rings (SSSR count). The fourth-order valence-electron chi connectivity index (χ4n) is 1.41. The average molecular weight is 146 g/mol. The first-order valence-electron chi connectivity index (χ1n) is 4.00. The van der Waals surface area contributed by atoms with Gasteiger partial charge in [0.15, 0.2) is 0 Å². The van der Waals surface area contributed by atoms with Gasteiger partial charge in [-0.1, -0.05) is 51.4 Å². The molecule has 0 bridgehead atoms. The predicted octanol–water partition coefficient (Wildman–Crippen LogP) is 3.18. The zero-order valence-electron chi connectivity index (χ0n) is 6.36. The molecule has 0 heterocycles. The van der Waals surface area contributed by atoms with Gasteiger partial charge in [0.1, 0.15) is 0 Å². The molecule has 1 heteroatoms. The van der Waals surface area contributed by atoms with Crippen LogP contribution in [-0.4, -0.2) is 0 Å². The Balaban J connectivity index is 0.000000640. The third-order valence-electron chi connectivity index (χ3n) is 2.00. The predicted molar refractivity (Wildman–Crippen MR) is 48.0 cm³/mol. The van der Waals surface area contributed by atoms with Crippen molar-refractivity contribution in [3.05, 3.63) is 0 Å². The summed E-state index contributed by atoms with van der Waals surface area (Å²) in [5, 5.41) is 0. The largest absolute Gasteiger partial charge is 0.153 e. The van der Waals surface area contributed by atoms with Crippen LogP contribution in [0.5, 0.6) is 0 Å². The molecule has 1 fully saturated rings. The molecule has 1 unspecified atom stereocenters. The molecule has 0 N–H and O–H groups in total. The van der Waals surface area contributed by atoms with Gasteiger partial charge in [-0.2, -0.15) is 9.90 Å². The maximum atomic E-state index is 1.50. The molecular weight excluding hydrogens is 127 g/mol. The first-order chi connectivity index (χ1) is 4.00. The SMILES string of the molecule is C1CCCCCCC1.P. The topological polar surface area (TPSA) is 0 Å². The highest BCUT2D eigenvalue weighted by atomic mass is 31.0. The Labute approximate surface area is 62.0 Å². The molecule has 1 atom stereocenters. The number of hydrogen-bond donors (Lipinski definition) is 0. The summed E-state index contributed by atoms with van der Waals surface area (Å²) in [6.07, 6.45) is 12.0. The second-order valence-electron chi connectivity index (χ2n) is 2.83. The lowest BCUT2D eigenvalue weighted by Gasteiger charge is -2.05. The van der Waals surface area contributed by atoms with E-state index in [4.69, 9.17) is 0 Å². The molecule has 0 nitrogen and oxygen atoms in total. The molecule has 1 aliphatic carbocycles. The number of hydrogen-bond acceptors (Lipinski definition) is 0. The minimum Gasteiger partial charge on any atom is -0.153 e. The Bertz CT molecular complexity index is 28.5. The van der Waals surface area contributed by atoms with Gasteiger partial charge in [-0.3, -0.25) is 0 Å². The molecule has 0 aromatic carbocycles. The highest BCUT2D eigenvalue weighted by Crippen LogP contribution is 2.15. The fraction of sp³-hybridized carbons (Fsp3) is 1.00. The summed E-state index contributed by atoms with van der Waals surface area (Å²) >= 11 is 0. The van der Waals surface area contributed by atoms with Gasteiger partial charge in [0.25, 0.3) is 0 Å². The Hall–Kier alpha value is 0.430. The highest BCUT2D eigenvalue weighted by molar-refractivity contribution is 6.92. The molecule has 1 aliphatic rings. The Morgan fingerprint density at radius 2 is 0.444 bits per heavy atom. The summed E-state index contributed by atoms with van der Waals surface area (Å²) in [7, 11) is 0. The molecule has 56 valence electrons. The van der Waals surface area contributed by atoms with Crippen molar-refractivity contribution in [1.82, 2.24) is 0 Å². The minimum atomic E-state index is 0. The van der Waals surface area contributed by atoms with E-state index in [0.29, 0.717) is 0 Å². The Morgan fingerprint density at radius 1 is 0.333 bits per heavy atom. The smallest absolute Gasteiger partial charge is 0.0533 e. The molecule has 9 heavy (non-hydrogen) atoms. The minimum absolute atomic E-state index is 0. The second kappa shape index (κ2) is 6.55. The standard InChI is InChI=1S/C8H16.H3P/c1-2-4-6-8-7-5-3-1;/h1-8H2;1H3. The third kappa shape index (κ3) is 4.90. The molecule has 0 amide bonds. The first kappa shape index (κ1) is 9.43. The van der Waals surface area contributed by atoms with Crippen LogP contribution in [0.25, 0.3) is 0 Å². The van der Waals surface area contributed by atoms with E-state index in [1.807, 2.05) is 0 Å². The molecule has 0 aromatic heterocycles. The molecule has 0 saturated heterocycles. The molecule has 0 radical (unpaired) electrons. The van der Waals surface area contributed by atoms with E-state index in [2.05, 4.69) is 0 Å². The van der Waals surface area contributed by atoms with Crippen LogP contribution >= 0.6 is 9.90 Å². The third-order valence-corrected chi connectivity index (χ3v) is 2.00. The Morgan fingerprint density at radius 3 is 0.556 bits per heavy atom. The maximum Gasteiger partial charge on any atom is -0.0533 e. The van der Waals surface area contributed by atoms with Gasteiger partial charge >= 0.3 is 0 Å². The van der Waals surface area contributed by atoms with E-state index in [-0.39, 0.29) is 9.90 Å². The van der Waals surface area contributed by atoms with Crippen LogP contribution in [0, 0.1) is 0 Å². The van der Waals surface area contributed by atoms with E-state index in [1.165, 1.54) is 51.4 Å². The van der Waals surface area contributed by atoms with Crippen molar-refractivity contribution in [3.63, 3.8) is 0 Å². The van der Waals surface area contributed by atoms with Crippen LogP contribution in [0.15, 0.2) is 0 Å². The summed E-state index contributed by atoms with van der Waals surface area (Å²) in [6.45, 7) is 0. The van der Waals surface area contributed by atoms with Crippen molar-refractivity contribution in [3.8, 4) is 0 Å². The lowest BCUT2D eigenvalue weighted by molar-refractivity contribution is 0.504. The van der Waals surface area contributed by atoms with Gasteiger partial charge in [0.2, 0.25) is 0 Å². The van der Waals surface area contributed by atoms with Crippen molar-refractivity contribution in [2.75, 3.05) is 0 Å². The zero-order valence-corrected chi connectivity index (χ0v) is 7.78. The van der Waals surface area contributed by atoms with Crippen molar-refractivity contribution in [2.24, 2.45) is 0 Å². The maximum absolute atomic E-state index is 1.50.